The number of benzene rings is 1. The zero-order valence-corrected chi connectivity index (χ0v) is 14.9. The number of aromatic hydroxyl groups is 1. The van der Waals surface area contributed by atoms with Gasteiger partial charge in [-0.1, -0.05) is 6.07 Å². The second-order valence-electron chi connectivity index (χ2n) is 7.47. The Labute approximate surface area is 156 Å². The number of nitrogens with one attached hydrogen (secondary N) is 2. The molecule has 2 aliphatic rings. The van der Waals surface area contributed by atoms with Crippen molar-refractivity contribution in [2.45, 2.75) is 12.8 Å². The van der Waals surface area contributed by atoms with Crippen LogP contribution in [0.1, 0.15) is 12.8 Å². The van der Waals surface area contributed by atoms with E-state index in [0.717, 1.165) is 37.3 Å². The Morgan fingerprint density at radius 2 is 1.89 bits per heavy atom. The normalized spacial score (nSPS) is 18.4. The summed E-state index contributed by atoms with van der Waals surface area (Å²) in [5, 5.41) is 29.1. The van der Waals surface area contributed by atoms with E-state index in [2.05, 4.69) is 35.6 Å². The van der Waals surface area contributed by atoms with Crippen molar-refractivity contribution in [3.05, 3.63) is 36.8 Å². The Balaban J connectivity index is 1.32. The van der Waals surface area contributed by atoms with Crippen molar-refractivity contribution in [2.24, 2.45) is 5.41 Å². The number of anilines is 1. The molecule has 0 bridgehead atoms. The highest BCUT2D eigenvalue weighted by Gasteiger charge is 2.44. The SMILES string of the molecule is Oc1cc(-c2cn[nH]c2)ccc1-c1cnc(N2CC3(CCNCC3)C2)nn1. The van der Waals surface area contributed by atoms with Gasteiger partial charge in [-0.05, 0) is 43.6 Å². The van der Waals surface area contributed by atoms with E-state index in [4.69, 9.17) is 0 Å². The first-order chi connectivity index (χ1) is 13.2. The van der Waals surface area contributed by atoms with Gasteiger partial charge in [0.05, 0.1) is 12.4 Å². The highest BCUT2D eigenvalue weighted by atomic mass is 16.3. The van der Waals surface area contributed by atoms with Gasteiger partial charge in [0.1, 0.15) is 11.4 Å². The minimum atomic E-state index is 0.148. The van der Waals surface area contributed by atoms with Crippen LogP contribution < -0.4 is 10.2 Å². The maximum Gasteiger partial charge on any atom is 0.245 e. The lowest BCUT2D eigenvalue weighted by atomic mass is 9.72. The fraction of sp³-hybridized carbons (Fsp3) is 0.368. The zero-order chi connectivity index (χ0) is 18.3. The quantitative estimate of drug-likeness (QED) is 0.652. The number of aromatic amines is 1. The zero-order valence-electron chi connectivity index (χ0n) is 14.9. The fourth-order valence-corrected chi connectivity index (χ4v) is 4.05. The molecule has 1 aromatic carbocycles. The molecule has 0 aliphatic carbocycles. The first-order valence-corrected chi connectivity index (χ1v) is 9.20. The lowest BCUT2D eigenvalue weighted by molar-refractivity contribution is 0.147. The molecule has 2 saturated heterocycles. The standard InChI is InChI=1S/C19H21N7O/c27-17-7-13(14-8-22-23-9-14)1-2-15(17)16-10-21-18(25-24-16)26-11-19(12-26)3-5-20-6-4-19/h1-2,7-10,20,27H,3-6,11-12H2,(H,22,23). The first kappa shape index (κ1) is 16.2. The number of hydrogen-bond donors (Lipinski definition) is 3. The predicted octanol–water partition coefficient (Wildman–Crippen LogP) is 1.82. The minimum absolute atomic E-state index is 0.148. The van der Waals surface area contributed by atoms with E-state index in [1.165, 1.54) is 12.8 Å². The van der Waals surface area contributed by atoms with Gasteiger partial charge in [0.25, 0.3) is 0 Å². The van der Waals surface area contributed by atoms with Crippen molar-refractivity contribution in [1.82, 2.24) is 30.7 Å². The summed E-state index contributed by atoms with van der Waals surface area (Å²) in [6, 6.07) is 5.45. The number of rotatable bonds is 3. The van der Waals surface area contributed by atoms with Crippen molar-refractivity contribution in [1.29, 1.82) is 0 Å². The van der Waals surface area contributed by atoms with E-state index in [1.807, 2.05) is 12.1 Å². The van der Waals surface area contributed by atoms with Gasteiger partial charge in [-0.25, -0.2) is 4.98 Å². The van der Waals surface area contributed by atoms with Crippen molar-refractivity contribution < 1.29 is 5.11 Å². The maximum atomic E-state index is 10.4. The molecule has 27 heavy (non-hydrogen) atoms. The van der Waals surface area contributed by atoms with Crippen LogP contribution >= 0.6 is 0 Å². The van der Waals surface area contributed by atoms with Crippen molar-refractivity contribution in [2.75, 3.05) is 31.1 Å². The molecule has 0 radical (unpaired) electrons. The molecule has 8 nitrogen and oxygen atoms in total. The Morgan fingerprint density at radius 3 is 2.56 bits per heavy atom. The number of phenolic OH excluding ortho intramolecular Hbond substituents is 1. The smallest absolute Gasteiger partial charge is 0.245 e. The van der Waals surface area contributed by atoms with E-state index in [-0.39, 0.29) is 5.75 Å². The molecule has 5 rings (SSSR count). The van der Waals surface area contributed by atoms with E-state index in [9.17, 15) is 5.11 Å². The molecule has 138 valence electrons. The molecule has 0 saturated carbocycles. The maximum absolute atomic E-state index is 10.4. The summed E-state index contributed by atoms with van der Waals surface area (Å²) in [7, 11) is 0. The Morgan fingerprint density at radius 1 is 1.04 bits per heavy atom. The molecule has 3 N–H and O–H groups in total. The molecule has 0 unspecified atom stereocenters. The van der Waals surface area contributed by atoms with Gasteiger partial charge in [0.15, 0.2) is 0 Å². The monoisotopic (exact) mass is 363 g/mol. The van der Waals surface area contributed by atoms with Crippen LogP contribution in [-0.4, -0.2) is 56.7 Å². The van der Waals surface area contributed by atoms with Crippen LogP contribution in [0, 0.1) is 5.41 Å². The Kier molecular flexibility index (Phi) is 3.78. The van der Waals surface area contributed by atoms with Crippen LogP contribution in [0.4, 0.5) is 5.95 Å². The second-order valence-corrected chi connectivity index (χ2v) is 7.47. The molecular formula is C19H21N7O. The summed E-state index contributed by atoms with van der Waals surface area (Å²) in [4.78, 5) is 6.66. The number of hydrogen-bond acceptors (Lipinski definition) is 7. The molecule has 4 heterocycles. The number of nitrogens with zero attached hydrogens (tertiary/aromatic N) is 5. The Hall–Kier alpha value is -3.00. The van der Waals surface area contributed by atoms with Gasteiger partial charge in [-0.2, -0.15) is 5.10 Å². The van der Waals surface area contributed by atoms with Crippen LogP contribution in [0.3, 0.4) is 0 Å². The van der Waals surface area contributed by atoms with E-state index >= 15 is 0 Å². The van der Waals surface area contributed by atoms with Crippen molar-refractivity contribution in [3.8, 4) is 28.1 Å². The van der Waals surface area contributed by atoms with Crippen molar-refractivity contribution >= 4 is 5.95 Å². The molecule has 3 aromatic rings. The molecule has 0 amide bonds. The average molecular weight is 363 g/mol. The first-order valence-electron chi connectivity index (χ1n) is 9.20. The fourth-order valence-electron chi connectivity index (χ4n) is 4.05. The minimum Gasteiger partial charge on any atom is -0.507 e. The van der Waals surface area contributed by atoms with Gasteiger partial charge >= 0.3 is 0 Å². The molecule has 8 heteroatoms. The Bertz CT molecular complexity index is 925. The summed E-state index contributed by atoms with van der Waals surface area (Å²) in [5.41, 5.74) is 3.41. The van der Waals surface area contributed by atoms with E-state index in [1.54, 1.807) is 24.7 Å². The van der Waals surface area contributed by atoms with Gasteiger partial charge in [0, 0.05) is 35.8 Å². The lowest BCUT2D eigenvalue weighted by Gasteiger charge is -2.52. The molecular weight excluding hydrogens is 342 g/mol. The summed E-state index contributed by atoms with van der Waals surface area (Å²) >= 11 is 0. The van der Waals surface area contributed by atoms with Crippen LogP contribution in [0.15, 0.2) is 36.8 Å². The molecule has 2 fully saturated rings. The third-order valence-electron chi connectivity index (χ3n) is 5.65. The van der Waals surface area contributed by atoms with Crippen LogP contribution in [0.2, 0.25) is 0 Å². The highest BCUT2D eigenvalue weighted by molar-refractivity contribution is 5.73. The van der Waals surface area contributed by atoms with Gasteiger partial charge in [0.2, 0.25) is 5.95 Å². The van der Waals surface area contributed by atoms with Crippen molar-refractivity contribution in [3.63, 3.8) is 0 Å². The molecule has 2 aromatic heterocycles. The third kappa shape index (κ3) is 2.91. The second kappa shape index (κ2) is 6.31. The topological polar surface area (TPSA) is 103 Å². The highest BCUT2D eigenvalue weighted by Crippen LogP contribution is 2.40. The summed E-state index contributed by atoms with van der Waals surface area (Å²) in [6.45, 7) is 4.20. The average Bonchev–Trinajstić information content (AvgIpc) is 3.22. The number of piperidine rings is 1. The van der Waals surface area contributed by atoms with E-state index in [0.29, 0.717) is 22.6 Å². The summed E-state index contributed by atoms with van der Waals surface area (Å²) in [6.07, 6.45) is 7.61. The van der Waals surface area contributed by atoms with Gasteiger partial charge < -0.3 is 15.3 Å². The predicted molar refractivity (Wildman–Crippen MR) is 101 cm³/mol. The largest absolute Gasteiger partial charge is 0.507 e. The summed E-state index contributed by atoms with van der Waals surface area (Å²) in [5.74, 6) is 0.813. The van der Waals surface area contributed by atoms with Gasteiger partial charge in [-0.15, -0.1) is 10.2 Å². The van der Waals surface area contributed by atoms with Crippen LogP contribution in [0.25, 0.3) is 22.4 Å². The molecule has 2 aliphatic heterocycles. The number of aromatic nitrogens is 5. The summed E-state index contributed by atoms with van der Waals surface area (Å²) < 4.78 is 0. The van der Waals surface area contributed by atoms with E-state index < -0.39 is 0 Å². The lowest BCUT2D eigenvalue weighted by Crippen LogP contribution is -2.60. The van der Waals surface area contributed by atoms with Gasteiger partial charge in [-0.3, -0.25) is 5.10 Å². The number of phenols is 1. The molecule has 1 spiro atoms. The number of H-pyrrole nitrogens is 1. The molecule has 0 atom stereocenters. The van der Waals surface area contributed by atoms with Crippen LogP contribution in [-0.2, 0) is 0 Å². The third-order valence-corrected chi connectivity index (χ3v) is 5.65. The van der Waals surface area contributed by atoms with Crippen LogP contribution in [0.5, 0.6) is 5.75 Å².